The third kappa shape index (κ3) is 9.84. The van der Waals surface area contributed by atoms with E-state index in [1.54, 1.807) is 51.9 Å². The highest BCUT2D eigenvalue weighted by Crippen LogP contribution is 2.39. The van der Waals surface area contributed by atoms with Crippen LogP contribution in [0.1, 0.15) is 101 Å². The Morgan fingerprint density at radius 2 is 1.64 bits per heavy atom. The number of fused-ring (bicyclic) bond motifs is 1. The van der Waals surface area contributed by atoms with Gasteiger partial charge in [-0.25, -0.2) is 13.2 Å². The molecule has 1 amide bonds. The molecule has 0 saturated carbocycles. The maximum absolute atomic E-state index is 13.2. The molecule has 11 heteroatoms. The molecule has 2 aliphatic rings. The molecule has 2 N–H and O–H groups in total. The predicted octanol–water partition coefficient (Wildman–Crippen LogP) is 7.23. The molecule has 0 bridgehead atoms. The van der Waals surface area contributed by atoms with Gasteiger partial charge in [-0.15, -0.1) is 23.1 Å². The second-order valence-corrected chi connectivity index (χ2v) is 14.9. The Bertz CT molecular complexity index is 1420. The number of thioether (sulfide) groups is 1. The number of nitrogens with zero attached hydrogens (tertiary/aromatic N) is 2. The Kier molecular flexibility index (Phi) is 13.9. The third-order valence-corrected chi connectivity index (χ3v) is 11.2. The molecule has 0 aromatic heterocycles. The molecule has 2 heterocycles. The van der Waals surface area contributed by atoms with Crippen LogP contribution in [-0.4, -0.2) is 36.2 Å². The minimum absolute atomic E-state index is 0.0578. The number of aryl methyl sites for hydroxylation is 2. The van der Waals surface area contributed by atoms with Gasteiger partial charge in [0.15, 0.2) is 5.82 Å². The highest BCUT2D eigenvalue weighted by atomic mass is 32.2. The second kappa shape index (κ2) is 17.1. The van der Waals surface area contributed by atoms with E-state index in [4.69, 9.17) is 0 Å². The molecule has 0 aliphatic carbocycles. The number of aromatic nitrogens is 2. The molecule has 1 aromatic carbocycles. The van der Waals surface area contributed by atoms with E-state index >= 15 is 0 Å². The molecule has 0 fully saturated rings. The Morgan fingerprint density at radius 1 is 0.952 bits per heavy atom. The summed E-state index contributed by atoms with van der Waals surface area (Å²) in [6.07, 6.45) is 12.0. The van der Waals surface area contributed by atoms with Crippen molar-refractivity contribution < 1.29 is 13.2 Å². The molecule has 42 heavy (non-hydrogen) atoms. The molecule has 0 atom stereocenters. The lowest BCUT2D eigenvalue weighted by molar-refractivity contribution is -0.121. The molecule has 8 nitrogen and oxygen atoms in total. The van der Waals surface area contributed by atoms with Crippen molar-refractivity contribution in [1.29, 1.82) is 0 Å². The predicted molar refractivity (Wildman–Crippen MR) is 175 cm³/mol. The van der Waals surface area contributed by atoms with Crippen molar-refractivity contribution in [3.05, 3.63) is 50.9 Å². The number of anilines is 1. The first kappa shape index (κ1) is 34.1. The Hall–Kier alpha value is -2.37. The van der Waals surface area contributed by atoms with Crippen LogP contribution in [0, 0.1) is 13.8 Å². The van der Waals surface area contributed by atoms with Gasteiger partial charge in [-0.3, -0.25) is 14.1 Å². The van der Waals surface area contributed by atoms with Crippen molar-refractivity contribution >= 4 is 44.8 Å². The Balaban J connectivity index is 1.77. The van der Waals surface area contributed by atoms with Crippen molar-refractivity contribution in [2.24, 2.45) is 0 Å². The standard InChI is InChI=1S/C31H46N4O4S3/c1-5-7-9-11-15-26-24(4)35-28(29(33-31(35)37)34-42(38,39)25-19-17-23(3)18-20-25)30(41-26)40-22-14-12-16-27(36)32-21-13-10-8-6-2/h17-20H,5-16,21-22H2,1-4H3,(H,32,36)(H,33,34,37). The first-order chi connectivity index (χ1) is 20.2. The second-order valence-electron chi connectivity index (χ2n) is 10.8. The molecule has 0 spiro atoms. The minimum atomic E-state index is -3.93. The number of carbonyl (C=O) groups is 1. The monoisotopic (exact) mass is 634 g/mol. The van der Waals surface area contributed by atoms with Crippen LogP contribution < -0.4 is 15.7 Å². The van der Waals surface area contributed by atoms with Gasteiger partial charge in [0, 0.05) is 23.5 Å². The molecule has 0 unspecified atom stereocenters. The summed E-state index contributed by atoms with van der Waals surface area (Å²) < 4.78 is 31.5. The third-order valence-electron chi connectivity index (χ3n) is 7.20. The molecule has 1 aromatic rings. The van der Waals surface area contributed by atoms with E-state index in [0.717, 1.165) is 84.0 Å². The largest absolute Gasteiger partial charge is 0.356 e. The van der Waals surface area contributed by atoms with Gasteiger partial charge in [0.25, 0.3) is 10.0 Å². The molecular formula is C31H46N4O4S3. The zero-order valence-corrected chi connectivity index (χ0v) is 27.9. The molecule has 2 aliphatic heterocycles. The number of nitrogens with one attached hydrogen (secondary N) is 2. The first-order valence-electron chi connectivity index (χ1n) is 15.2. The van der Waals surface area contributed by atoms with Gasteiger partial charge in [-0.05, 0) is 63.8 Å². The molecule has 232 valence electrons. The normalized spacial score (nSPS) is 11.7. The van der Waals surface area contributed by atoms with Crippen LogP contribution in [0.4, 0.5) is 5.82 Å². The number of carbonyl (C=O) groups excluding carboxylic acids is 1. The van der Waals surface area contributed by atoms with Crippen LogP contribution in [0.25, 0.3) is 5.69 Å². The van der Waals surface area contributed by atoms with E-state index in [0.29, 0.717) is 12.1 Å². The average Bonchev–Trinajstić information content (AvgIpc) is 3.28. The van der Waals surface area contributed by atoms with E-state index in [-0.39, 0.29) is 16.6 Å². The number of benzene rings is 1. The summed E-state index contributed by atoms with van der Waals surface area (Å²) in [7, 11) is -3.93. The van der Waals surface area contributed by atoms with Crippen molar-refractivity contribution in [2.75, 3.05) is 17.0 Å². The lowest BCUT2D eigenvalue weighted by Gasteiger charge is -2.17. The lowest BCUT2D eigenvalue weighted by Crippen LogP contribution is -2.24. The summed E-state index contributed by atoms with van der Waals surface area (Å²) in [6.45, 7) is 8.89. The maximum atomic E-state index is 13.2. The van der Waals surface area contributed by atoms with E-state index in [9.17, 15) is 18.0 Å². The summed E-state index contributed by atoms with van der Waals surface area (Å²) >= 11 is 3.22. The fourth-order valence-corrected chi connectivity index (χ4v) is 8.34. The summed E-state index contributed by atoms with van der Waals surface area (Å²) in [5.41, 5.74) is 1.79. The number of rotatable bonds is 19. The topological polar surface area (TPSA) is 110 Å². The van der Waals surface area contributed by atoms with Gasteiger partial charge < -0.3 is 5.32 Å². The van der Waals surface area contributed by atoms with Crippen LogP contribution in [0.3, 0.4) is 0 Å². The average molecular weight is 635 g/mol. The number of imidazole rings is 1. The minimum Gasteiger partial charge on any atom is -0.356 e. The van der Waals surface area contributed by atoms with Gasteiger partial charge in [0.2, 0.25) is 5.91 Å². The van der Waals surface area contributed by atoms with Gasteiger partial charge in [-0.1, -0.05) is 70.1 Å². The van der Waals surface area contributed by atoms with Crippen molar-refractivity contribution in [2.45, 2.75) is 114 Å². The Morgan fingerprint density at radius 3 is 2.33 bits per heavy atom. The van der Waals surface area contributed by atoms with Gasteiger partial charge in [-0.2, -0.15) is 4.98 Å². The molecule has 0 saturated heterocycles. The quantitative estimate of drug-likeness (QED) is 0.106. The van der Waals surface area contributed by atoms with Gasteiger partial charge in [0.05, 0.1) is 9.10 Å². The fraction of sp³-hybridized carbons (Fsp3) is 0.581. The summed E-state index contributed by atoms with van der Waals surface area (Å²) in [4.78, 5) is 30.7. The van der Waals surface area contributed by atoms with E-state index < -0.39 is 15.7 Å². The van der Waals surface area contributed by atoms with Crippen LogP contribution >= 0.6 is 23.1 Å². The van der Waals surface area contributed by atoms with Crippen LogP contribution in [0.15, 0.2) is 38.2 Å². The summed E-state index contributed by atoms with van der Waals surface area (Å²) in [6, 6.07) is 6.58. The maximum Gasteiger partial charge on any atom is 0.354 e. The zero-order valence-electron chi connectivity index (χ0n) is 25.5. The molecule has 3 rings (SSSR count). The number of hydrogen-bond acceptors (Lipinski definition) is 7. The smallest absolute Gasteiger partial charge is 0.354 e. The summed E-state index contributed by atoms with van der Waals surface area (Å²) in [5, 5.41) is 3.01. The lowest BCUT2D eigenvalue weighted by atomic mass is 10.1. The van der Waals surface area contributed by atoms with Crippen LogP contribution in [0.5, 0.6) is 0 Å². The van der Waals surface area contributed by atoms with E-state index in [1.165, 1.54) is 19.3 Å². The van der Waals surface area contributed by atoms with E-state index in [2.05, 4.69) is 28.9 Å². The number of amides is 1. The van der Waals surface area contributed by atoms with E-state index in [1.807, 2.05) is 13.8 Å². The van der Waals surface area contributed by atoms with Crippen LogP contribution in [-0.2, 0) is 21.2 Å². The highest BCUT2D eigenvalue weighted by Gasteiger charge is 2.27. The highest BCUT2D eigenvalue weighted by molar-refractivity contribution is 8.01. The Labute approximate surface area is 259 Å². The van der Waals surface area contributed by atoms with Gasteiger partial charge >= 0.3 is 5.69 Å². The summed E-state index contributed by atoms with van der Waals surface area (Å²) in [5.74, 6) is 0.894. The van der Waals surface area contributed by atoms with Crippen molar-refractivity contribution in [3.8, 4) is 5.69 Å². The zero-order chi connectivity index (χ0) is 30.5. The van der Waals surface area contributed by atoms with Crippen LogP contribution in [0.2, 0.25) is 0 Å². The molecular weight excluding hydrogens is 589 g/mol. The molecule has 0 radical (unpaired) electrons. The number of sulfonamides is 1. The van der Waals surface area contributed by atoms with Crippen molar-refractivity contribution in [3.63, 3.8) is 0 Å². The SMILES string of the molecule is CCCCCCNC(=O)CCCCSc1sc(CCCCCC)c(C)n2c(=O)nc(NS(=O)(=O)c3ccc(C)cc3)c1-2. The first-order valence-corrected chi connectivity index (χ1v) is 18.5. The number of unbranched alkanes of at least 4 members (excludes halogenated alkanes) is 7. The number of hydrogen-bond donors (Lipinski definition) is 2. The fourth-order valence-electron chi connectivity index (χ4n) is 4.70. The van der Waals surface area contributed by atoms with Gasteiger partial charge in [0.1, 0.15) is 5.69 Å². The van der Waals surface area contributed by atoms with Crippen molar-refractivity contribution in [1.82, 2.24) is 14.9 Å².